The van der Waals surface area contributed by atoms with Gasteiger partial charge in [0.1, 0.15) is 11.9 Å². The van der Waals surface area contributed by atoms with E-state index in [0.29, 0.717) is 12.5 Å². The molecular formula is C16H20N2O2. The van der Waals surface area contributed by atoms with Gasteiger partial charge in [-0.15, -0.1) is 0 Å². The predicted molar refractivity (Wildman–Crippen MR) is 76.7 cm³/mol. The molecule has 1 aromatic heterocycles. The minimum atomic E-state index is -0.481. The zero-order chi connectivity index (χ0) is 14.3. The maximum absolute atomic E-state index is 10.3. The lowest BCUT2D eigenvalue weighted by molar-refractivity contribution is 0.0656. The second-order valence-corrected chi connectivity index (χ2v) is 5.75. The van der Waals surface area contributed by atoms with Crippen molar-refractivity contribution in [2.75, 3.05) is 0 Å². The first kappa shape index (κ1) is 13.2. The highest BCUT2D eigenvalue weighted by atomic mass is 16.5. The zero-order valence-electron chi connectivity index (χ0n) is 12.1. The van der Waals surface area contributed by atoms with E-state index in [2.05, 4.69) is 18.9 Å². The first-order valence-corrected chi connectivity index (χ1v) is 7.04. The molecule has 0 spiro atoms. The Morgan fingerprint density at radius 2 is 2.20 bits per heavy atom. The number of ether oxygens (including phenoxy) is 1. The van der Waals surface area contributed by atoms with Crippen LogP contribution in [0.3, 0.4) is 0 Å². The number of nitrogens with zero attached hydrogens (tertiary/aromatic N) is 2. The lowest BCUT2D eigenvalue weighted by Gasteiger charge is -2.29. The standard InChI is InChI=1S/C16H20N2O2/c1-10(2)18-9-12(8-17-18)16-7-14(19)13-6-11(3)4-5-15(13)20-16/h4-6,8-10,14,16,19H,7H2,1-3H3. The number of hydrogen-bond donors (Lipinski definition) is 1. The van der Waals surface area contributed by atoms with Crippen molar-refractivity contribution in [2.24, 2.45) is 0 Å². The molecule has 0 aliphatic carbocycles. The van der Waals surface area contributed by atoms with Crippen LogP contribution in [0.1, 0.15) is 55.2 Å². The van der Waals surface area contributed by atoms with Crippen LogP contribution >= 0.6 is 0 Å². The molecule has 4 heteroatoms. The number of fused-ring (bicyclic) bond motifs is 1. The van der Waals surface area contributed by atoms with Crippen molar-refractivity contribution in [3.05, 3.63) is 47.3 Å². The molecule has 20 heavy (non-hydrogen) atoms. The monoisotopic (exact) mass is 272 g/mol. The van der Waals surface area contributed by atoms with Crippen LogP contribution < -0.4 is 4.74 Å². The van der Waals surface area contributed by atoms with E-state index in [9.17, 15) is 5.11 Å². The lowest BCUT2D eigenvalue weighted by atomic mass is 9.95. The van der Waals surface area contributed by atoms with Crippen molar-refractivity contribution in [3.8, 4) is 5.75 Å². The van der Waals surface area contributed by atoms with Crippen LogP contribution in [0.2, 0.25) is 0 Å². The van der Waals surface area contributed by atoms with Crippen LogP contribution in [0, 0.1) is 6.92 Å². The molecule has 0 radical (unpaired) electrons. The average Bonchev–Trinajstić information content (AvgIpc) is 2.89. The van der Waals surface area contributed by atoms with E-state index in [1.54, 1.807) is 0 Å². The van der Waals surface area contributed by atoms with Gasteiger partial charge >= 0.3 is 0 Å². The van der Waals surface area contributed by atoms with Gasteiger partial charge in [0.25, 0.3) is 0 Å². The summed E-state index contributed by atoms with van der Waals surface area (Å²) in [5, 5.41) is 14.7. The number of rotatable bonds is 2. The summed E-state index contributed by atoms with van der Waals surface area (Å²) in [7, 11) is 0. The summed E-state index contributed by atoms with van der Waals surface area (Å²) in [6.45, 7) is 6.20. The summed E-state index contributed by atoms with van der Waals surface area (Å²) in [5.74, 6) is 0.775. The van der Waals surface area contributed by atoms with Crippen molar-refractivity contribution in [1.29, 1.82) is 0 Å². The molecule has 2 unspecified atom stereocenters. The number of benzene rings is 1. The van der Waals surface area contributed by atoms with E-state index in [1.165, 1.54) is 0 Å². The summed E-state index contributed by atoms with van der Waals surface area (Å²) < 4.78 is 7.94. The van der Waals surface area contributed by atoms with Gasteiger partial charge in [-0.25, -0.2) is 0 Å². The Labute approximate surface area is 119 Å². The molecule has 106 valence electrons. The highest BCUT2D eigenvalue weighted by Gasteiger charge is 2.29. The Balaban J connectivity index is 1.88. The van der Waals surface area contributed by atoms with E-state index in [-0.39, 0.29) is 6.10 Å². The van der Waals surface area contributed by atoms with Gasteiger partial charge in [0.15, 0.2) is 0 Å². The molecule has 1 aliphatic heterocycles. The molecule has 2 aromatic rings. The van der Waals surface area contributed by atoms with Crippen molar-refractivity contribution in [2.45, 2.75) is 45.4 Å². The number of hydrogen-bond acceptors (Lipinski definition) is 3. The second-order valence-electron chi connectivity index (χ2n) is 5.75. The molecule has 2 atom stereocenters. The first-order chi connectivity index (χ1) is 9.54. The van der Waals surface area contributed by atoms with Crippen molar-refractivity contribution in [3.63, 3.8) is 0 Å². The fourth-order valence-electron chi connectivity index (χ4n) is 2.57. The second kappa shape index (κ2) is 4.94. The zero-order valence-corrected chi connectivity index (χ0v) is 12.1. The molecule has 1 N–H and O–H groups in total. The highest BCUT2D eigenvalue weighted by molar-refractivity contribution is 5.40. The van der Waals surface area contributed by atoms with E-state index >= 15 is 0 Å². The lowest BCUT2D eigenvalue weighted by Crippen LogP contribution is -2.18. The van der Waals surface area contributed by atoms with Crippen LogP contribution in [0.5, 0.6) is 5.75 Å². The third-order valence-corrected chi connectivity index (χ3v) is 3.75. The fourth-order valence-corrected chi connectivity index (χ4v) is 2.57. The van der Waals surface area contributed by atoms with Crippen LogP contribution in [0.25, 0.3) is 0 Å². The quantitative estimate of drug-likeness (QED) is 0.912. The first-order valence-electron chi connectivity index (χ1n) is 7.04. The van der Waals surface area contributed by atoms with E-state index in [0.717, 1.165) is 22.4 Å². The summed E-state index contributed by atoms with van der Waals surface area (Å²) in [6, 6.07) is 6.26. The summed E-state index contributed by atoms with van der Waals surface area (Å²) in [5.41, 5.74) is 3.04. The molecule has 2 heterocycles. The Bertz CT molecular complexity index is 619. The highest BCUT2D eigenvalue weighted by Crippen LogP contribution is 2.41. The number of aliphatic hydroxyl groups is 1. The third-order valence-electron chi connectivity index (χ3n) is 3.75. The van der Waals surface area contributed by atoms with Gasteiger partial charge < -0.3 is 9.84 Å². The van der Waals surface area contributed by atoms with Crippen LogP contribution in [0.4, 0.5) is 0 Å². The normalized spacial score (nSPS) is 21.6. The van der Waals surface area contributed by atoms with E-state index in [1.807, 2.05) is 42.2 Å². The van der Waals surface area contributed by atoms with Crippen LogP contribution in [0.15, 0.2) is 30.6 Å². The van der Waals surface area contributed by atoms with Gasteiger partial charge in [0.05, 0.1) is 12.3 Å². The summed E-state index contributed by atoms with van der Waals surface area (Å²) in [4.78, 5) is 0. The molecule has 0 fully saturated rings. The molecule has 1 aromatic carbocycles. The molecular weight excluding hydrogens is 252 g/mol. The molecule has 4 nitrogen and oxygen atoms in total. The Kier molecular flexibility index (Phi) is 3.26. The largest absolute Gasteiger partial charge is 0.485 e. The average molecular weight is 272 g/mol. The minimum absolute atomic E-state index is 0.132. The number of aromatic nitrogens is 2. The smallest absolute Gasteiger partial charge is 0.130 e. The summed E-state index contributed by atoms with van der Waals surface area (Å²) >= 11 is 0. The predicted octanol–water partition coefficient (Wildman–Crippen LogP) is 3.33. The Hall–Kier alpha value is -1.81. The summed E-state index contributed by atoms with van der Waals surface area (Å²) in [6.07, 6.45) is 3.79. The number of aryl methyl sites for hydroxylation is 1. The van der Waals surface area contributed by atoms with Crippen LogP contribution in [-0.4, -0.2) is 14.9 Å². The molecule has 0 saturated heterocycles. The van der Waals surface area contributed by atoms with Gasteiger partial charge in [0, 0.05) is 29.8 Å². The Morgan fingerprint density at radius 3 is 2.90 bits per heavy atom. The van der Waals surface area contributed by atoms with Gasteiger partial charge in [-0.2, -0.15) is 5.10 Å². The fraction of sp³-hybridized carbons (Fsp3) is 0.438. The van der Waals surface area contributed by atoms with Gasteiger partial charge in [-0.3, -0.25) is 4.68 Å². The van der Waals surface area contributed by atoms with Gasteiger partial charge in [-0.1, -0.05) is 11.6 Å². The van der Waals surface area contributed by atoms with Crippen molar-refractivity contribution >= 4 is 0 Å². The molecule has 3 rings (SSSR count). The maximum atomic E-state index is 10.3. The molecule has 1 aliphatic rings. The van der Waals surface area contributed by atoms with E-state index in [4.69, 9.17) is 4.74 Å². The van der Waals surface area contributed by atoms with E-state index < -0.39 is 6.10 Å². The Morgan fingerprint density at radius 1 is 1.40 bits per heavy atom. The van der Waals surface area contributed by atoms with Gasteiger partial charge in [0.2, 0.25) is 0 Å². The topological polar surface area (TPSA) is 47.3 Å². The molecule has 0 amide bonds. The van der Waals surface area contributed by atoms with Crippen molar-refractivity contribution < 1.29 is 9.84 Å². The molecule has 0 saturated carbocycles. The SMILES string of the molecule is Cc1ccc2c(c1)C(O)CC(c1cnn(C(C)C)c1)O2. The minimum Gasteiger partial charge on any atom is -0.485 e. The third kappa shape index (κ3) is 2.31. The van der Waals surface area contributed by atoms with Crippen LogP contribution in [-0.2, 0) is 0 Å². The molecule has 0 bridgehead atoms. The van der Waals surface area contributed by atoms with Gasteiger partial charge in [-0.05, 0) is 32.9 Å². The van der Waals surface area contributed by atoms with Crippen molar-refractivity contribution in [1.82, 2.24) is 9.78 Å². The number of aliphatic hydroxyl groups excluding tert-OH is 1. The maximum Gasteiger partial charge on any atom is 0.130 e.